The smallest absolute Gasteiger partial charge is 0.319 e. The molecule has 2 rings (SSSR count). The van der Waals surface area contributed by atoms with Crippen LogP contribution in [0.5, 0.6) is 0 Å². The highest BCUT2D eigenvalue weighted by molar-refractivity contribution is 6.06. The highest BCUT2D eigenvalue weighted by Crippen LogP contribution is 2.48. The lowest BCUT2D eigenvalue weighted by Crippen LogP contribution is -2.40. The highest BCUT2D eigenvalue weighted by Gasteiger charge is 2.55. The number of ether oxygens (including phenoxy) is 1. The van der Waals surface area contributed by atoms with E-state index < -0.39 is 5.41 Å². The Kier molecular flexibility index (Phi) is 4.87. The molecule has 0 amide bonds. The van der Waals surface area contributed by atoms with Crippen LogP contribution in [-0.2, 0) is 14.3 Å². The van der Waals surface area contributed by atoms with Crippen LogP contribution in [0.15, 0.2) is 0 Å². The summed E-state index contributed by atoms with van der Waals surface area (Å²) in [6.45, 7) is 4.16. The number of hydrogen-bond acceptors (Lipinski definition) is 3. The Morgan fingerprint density at radius 1 is 1.25 bits per heavy atom. The molecule has 2 atom stereocenters. The van der Waals surface area contributed by atoms with E-state index in [-0.39, 0.29) is 17.7 Å². The summed E-state index contributed by atoms with van der Waals surface area (Å²) in [5, 5.41) is 0. The van der Waals surface area contributed by atoms with Crippen molar-refractivity contribution in [3.05, 3.63) is 0 Å². The van der Waals surface area contributed by atoms with Gasteiger partial charge in [0.2, 0.25) is 0 Å². The van der Waals surface area contributed by atoms with E-state index in [4.69, 9.17) is 4.74 Å². The lowest BCUT2D eigenvalue weighted by molar-refractivity contribution is -0.158. The van der Waals surface area contributed by atoms with Crippen molar-refractivity contribution in [2.45, 2.75) is 65.2 Å². The van der Waals surface area contributed by atoms with Gasteiger partial charge < -0.3 is 4.74 Å². The molecule has 2 fully saturated rings. The number of methoxy groups -OCH3 is 1. The molecule has 0 aliphatic heterocycles. The number of carbonyl (C=O) groups is 2. The van der Waals surface area contributed by atoms with E-state index in [1.54, 1.807) is 0 Å². The monoisotopic (exact) mass is 280 g/mol. The fourth-order valence-electron chi connectivity index (χ4n) is 4.22. The van der Waals surface area contributed by atoms with E-state index in [9.17, 15) is 9.59 Å². The van der Waals surface area contributed by atoms with Gasteiger partial charge >= 0.3 is 5.97 Å². The Hall–Kier alpha value is -0.860. The average molecular weight is 280 g/mol. The van der Waals surface area contributed by atoms with Crippen molar-refractivity contribution in [3.8, 4) is 0 Å². The number of hydrogen-bond donors (Lipinski definition) is 0. The Balaban J connectivity index is 2.18. The summed E-state index contributed by atoms with van der Waals surface area (Å²) < 4.78 is 5.02. The van der Waals surface area contributed by atoms with Crippen molar-refractivity contribution in [1.29, 1.82) is 0 Å². The summed E-state index contributed by atoms with van der Waals surface area (Å²) in [5.41, 5.74) is -0.828. The fraction of sp³-hybridized carbons (Fsp3) is 0.882. The van der Waals surface area contributed by atoms with E-state index in [0.29, 0.717) is 18.3 Å². The van der Waals surface area contributed by atoms with Crippen LogP contribution in [0.4, 0.5) is 0 Å². The van der Waals surface area contributed by atoms with Gasteiger partial charge in [0.1, 0.15) is 5.41 Å². The van der Waals surface area contributed by atoms with Crippen molar-refractivity contribution >= 4 is 11.8 Å². The molecule has 0 radical (unpaired) electrons. The Morgan fingerprint density at radius 3 is 2.40 bits per heavy atom. The molecule has 0 N–H and O–H groups in total. The first-order valence-corrected chi connectivity index (χ1v) is 8.14. The molecule has 20 heavy (non-hydrogen) atoms. The molecule has 2 aliphatic carbocycles. The topological polar surface area (TPSA) is 43.4 Å². The van der Waals surface area contributed by atoms with Gasteiger partial charge in [0.05, 0.1) is 7.11 Å². The lowest BCUT2D eigenvalue weighted by atomic mass is 9.71. The van der Waals surface area contributed by atoms with Crippen molar-refractivity contribution in [3.63, 3.8) is 0 Å². The van der Waals surface area contributed by atoms with E-state index >= 15 is 0 Å². The number of esters is 1. The molecule has 0 aromatic carbocycles. The van der Waals surface area contributed by atoms with E-state index in [2.05, 4.69) is 13.8 Å². The molecule has 2 saturated carbocycles. The number of Topliss-reactive ketones (excluding diaryl/α,β-unsaturated/α-hetero) is 1. The van der Waals surface area contributed by atoms with Crippen LogP contribution >= 0.6 is 0 Å². The van der Waals surface area contributed by atoms with Crippen LogP contribution in [-0.4, -0.2) is 18.9 Å². The zero-order valence-corrected chi connectivity index (χ0v) is 13.1. The van der Waals surface area contributed by atoms with Crippen molar-refractivity contribution in [2.75, 3.05) is 7.11 Å². The summed E-state index contributed by atoms with van der Waals surface area (Å²) >= 11 is 0. The number of rotatable bonds is 4. The van der Waals surface area contributed by atoms with Crippen LogP contribution < -0.4 is 0 Å². The third-order valence-corrected chi connectivity index (χ3v) is 5.43. The average Bonchev–Trinajstić information content (AvgIpc) is 2.77. The standard InChI is InChI=1S/C17H28O3/c1-12(2)14-9-10-17(15(14)18,16(19)20-3)11-13-7-5-4-6-8-13/h12-14H,4-11H2,1-3H3. The second-order valence-electron chi connectivity index (χ2n) is 7.04. The first-order valence-electron chi connectivity index (χ1n) is 8.14. The minimum absolute atomic E-state index is 0.0395. The quantitative estimate of drug-likeness (QED) is 0.582. The Morgan fingerprint density at radius 2 is 1.90 bits per heavy atom. The minimum atomic E-state index is -0.828. The number of carbonyl (C=O) groups excluding carboxylic acids is 2. The predicted molar refractivity (Wildman–Crippen MR) is 78.2 cm³/mol. The van der Waals surface area contributed by atoms with Gasteiger partial charge in [-0.25, -0.2) is 0 Å². The second-order valence-corrected chi connectivity index (χ2v) is 7.04. The normalized spacial score (nSPS) is 31.8. The first-order chi connectivity index (χ1) is 9.51. The van der Waals surface area contributed by atoms with E-state index in [1.165, 1.54) is 39.2 Å². The summed E-state index contributed by atoms with van der Waals surface area (Å²) in [6, 6.07) is 0. The fourth-order valence-corrected chi connectivity index (χ4v) is 4.22. The lowest BCUT2D eigenvalue weighted by Gasteiger charge is -2.31. The van der Waals surface area contributed by atoms with Gasteiger partial charge in [-0.2, -0.15) is 0 Å². The van der Waals surface area contributed by atoms with Crippen molar-refractivity contribution in [1.82, 2.24) is 0 Å². The molecule has 2 unspecified atom stereocenters. The molecule has 3 nitrogen and oxygen atoms in total. The minimum Gasteiger partial charge on any atom is -0.468 e. The SMILES string of the molecule is COC(=O)C1(CC2CCCCC2)CCC(C(C)C)C1=O. The van der Waals surface area contributed by atoms with E-state index in [0.717, 1.165) is 12.8 Å². The van der Waals surface area contributed by atoms with Crippen LogP contribution in [0.3, 0.4) is 0 Å². The third-order valence-electron chi connectivity index (χ3n) is 5.43. The predicted octanol–water partition coefficient (Wildman–Crippen LogP) is 3.75. The van der Waals surface area contributed by atoms with Crippen LogP contribution in [0, 0.1) is 23.2 Å². The first kappa shape index (κ1) is 15.5. The zero-order chi connectivity index (χ0) is 14.8. The molecule has 2 aliphatic rings. The molecule has 0 aromatic heterocycles. The van der Waals surface area contributed by atoms with Crippen molar-refractivity contribution < 1.29 is 14.3 Å². The van der Waals surface area contributed by atoms with Gasteiger partial charge in [-0.15, -0.1) is 0 Å². The molecular formula is C17H28O3. The summed E-state index contributed by atoms with van der Waals surface area (Å²) in [6.07, 6.45) is 8.37. The molecular weight excluding hydrogens is 252 g/mol. The molecule has 0 heterocycles. The van der Waals surface area contributed by atoms with Gasteiger partial charge in [-0.05, 0) is 31.1 Å². The maximum atomic E-state index is 12.8. The van der Waals surface area contributed by atoms with Gasteiger partial charge in [-0.1, -0.05) is 46.0 Å². The Labute approximate surface area is 122 Å². The van der Waals surface area contributed by atoms with Crippen molar-refractivity contribution in [2.24, 2.45) is 23.2 Å². The van der Waals surface area contributed by atoms with Crippen LogP contribution in [0.25, 0.3) is 0 Å². The Bertz CT molecular complexity index is 368. The van der Waals surface area contributed by atoms with Gasteiger partial charge in [0.15, 0.2) is 5.78 Å². The molecule has 0 aromatic rings. The molecule has 0 saturated heterocycles. The van der Waals surface area contributed by atoms with Crippen LogP contribution in [0.1, 0.15) is 65.2 Å². The number of ketones is 1. The second kappa shape index (κ2) is 6.28. The molecule has 0 bridgehead atoms. The summed E-state index contributed by atoms with van der Waals surface area (Å²) in [7, 11) is 1.42. The molecule has 0 spiro atoms. The highest BCUT2D eigenvalue weighted by atomic mass is 16.5. The van der Waals surface area contributed by atoms with Gasteiger partial charge in [0.25, 0.3) is 0 Å². The van der Waals surface area contributed by atoms with E-state index in [1.807, 2.05) is 0 Å². The maximum Gasteiger partial charge on any atom is 0.319 e. The molecule has 3 heteroatoms. The molecule has 114 valence electrons. The maximum absolute atomic E-state index is 12.8. The zero-order valence-electron chi connectivity index (χ0n) is 13.1. The van der Waals surface area contributed by atoms with Crippen LogP contribution in [0.2, 0.25) is 0 Å². The summed E-state index contributed by atoms with van der Waals surface area (Å²) in [5.74, 6) is 0.761. The third kappa shape index (κ3) is 2.77. The largest absolute Gasteiger partial charge is 0.468 e. The summed E-state index contributed by atoms with van der Waals surface area (Å²) in [4.78, 5) is 25.2. The van der Waals surface area contributed by atoms with Gasteiger partial charge in [0, 0.05) is 5.92 Å². The van der Waals surface area contributed by atoms with Gasteiger partial charge in [-0.3, -0.25) is 9.59 Å².